The molecule has 0 aliphatic carbocycles. The van der Waals surface area contributed by atoms with Crippen LogP contribution in [0.5, 0.6) is 0 Å². The van der Waals surface area contributed by atoms with Crippen LogP contribution in [-0.2, 0) is 4.74 Å². The van der Waals surface area contributed by atoms with E-state index in [1.807, 2.05) is 34.9 Å². The normalized spacial score (nSPS) is 24.8. The number of hydrogen-bond donors (Lipinski definition) is 1. The molecule has 5 nitrogen and oxygen atoms in total. The highest BCUT2D eigenvalue weighted by Crippen LogP contribution is 2.35. The van der Waals surface area contributed by atoms with E-state index in [1.165, 1.54) is 0 Å². The first kappa shape index (κ1) is 17.7. The van der Waals surface area contributed by atoms with E-state index in [2.05, 4.69) is 24.1 Å². The standard InChI is InChI=1S/C17H24ClN3O2S/c1-12-13(2)24-11-8-21(12)17(22)19-15-5-3-4-14(18)16(15)20-6-9-23-10-7-20/h3-5,12-13H,6-11H2,1-2H3,(H,19,22)/t12-,13+/m0/s1. The Hall–Kier alpha value is -1.11. The molecule has 7 heteroatoms. The largest absolute Gasteiger partial charge is 0.378 e. The summed E-state index contributed by atoms with van der Waals surface area (Å²) in [6.45, 7) is 7.97. The lowest BCUT2D eigenvalue weighted by Gasteiger charge is -2.38. The van der Waals surface area contributed by atoms with Gasteiger partial charge >= 0.3 is 6.03 Å². The molecule has 2 heterocycles. The summed E-state index contributed by atoms with van der Waals surface area (Å²) in [5.41, 5.74) is 1.66. The van der Waals surface area contributed by atoms with E-state index in [0.717, 1.165) is 36.8 Å². The van der Waals surface area contributed by atoms with E-state index in [9.17, 15) is 4.79 Å². The fourth-order valence-corrected chi connectivity index (χ4v) is 4.52. The van der Waals surface area contributed by atoms with Crippen molar-refractivity contribution in [3.8, 4) is 0 Å². The third-order valence-corrected chi connectivity index (χ3v) is 6.34. The summed E-state index contributed by atoms with van der Waals surface area (Å²) >= 11 is 8.35. The molecule has 132 valence electrons. The van der Waals surface area contributed by atoms with Gasteiger partial charge in [0, 0.05) is 36.7 Å². The number of nitrogens with one attached hydrogen (secondary N) is 1. The zero-order valence-electron chi connectivity index (χ0n) is 14.1. The van der Waals surface area contributed by atoms with Gasteiger partial charge < -0.3 is 19.9 Å². The van der Waals surface area contributed by atoms with E-state index in [-0.39, 0.29) is 12.1 Å². The molecule has 2 atom stereocenters. The van der Waals surface area contributed by atoms with Crippen LogP contribution in [0.25, 0.3) is 0 Å². The molecule has 0 aromatic heterocycles. The number of anilines is 2. The average Bonchev–Trinajstić information content (AvgIpc) is 2.58. The van der Waals surface area contributed by atoms with Crippen molar-refractivity contribution in [2.75, 3.05) is 48.8 Å². The van der Waals surface area contributed by atoms with E-state index < -0.39 is 0 Å². The molecular formula is C17H24ClN3O2S. The van der Waals surface area contributed by atoms with Crippen molar-refractivity contribution in [1.82, 2.24) is 4.90 Å². The quantitative estimate of drug-likeness (QED) is 0.866. The first-order valence-corrected chi connectivity index (χ1v) is 9.81. The van der Waals surface area contributed by atoms with Gasteiger partial charge in [-0.25, -0.2) is 4.79 Å². The average molecular weight is 370 g/mol. The molecule has 2 fully saturated rings. The number of hydrogen-bond acceptors (Lipinski definition) is 4. The Labute approximate surface area is 152 Å². The molecule has 0 unspecified atom stereocenters. The minimum absolute atomic E-state index is 0.0496. The monoisotopic (exact) mass is 369 g/mol. The number of thioether (sulfide) groups is 1. The van der Waals surface area contributed by atoms with Crippen molar-refractivity contribution in [3.63, 3.8) is 0 Å². The van der Waals surface area contributed by atoms with Crippen molar-refractivity contribution >= 4 is 40.8 Å². The molecule has 0 radical (unpaired) electrons. The first-order valence-electron chi connectivity index (χ1n) is 8.38. The van der Waals surface area contributed by atoms with Gasteiger partial charge in [-0.15, -0.1) is 0 Å². The van der Waals surface area contributed by atoms with Crippen LogP contribution in [-0.4, -0.2) is 60.8 Å². The molecule has 1 N–H and O–H groups in total. The van der Waals surface area contributed by atoms with Gasteiger partial charge in [0.25, 0.3) is 0 Å². The molecule has 2 amide bonds. The third kappa shape index (κ3) is 3.76. The van der Waals surface area contributed by atoms with Crippen LogP contribution >= 0.6 is 23.4 Å². The van der Waals surface area contributed by atoms with Crippen molar-refractivity contribution in [2.45, 2.75) is 25.1 Å². The van der Waals surface area contributed by atoms with Crippen LogP contribution in [0.3, 0.4) is 0 Å². The number of halogens is 1. The fourth-order valence-electron chi connectivity index (χ4n) is 3.13. The maximum Gasteiger partial charge on any atom is 0.322 e. The lowest BCUT2D eigenvalue weighted by atomic mass is 10.2. The summed E-state index contributed by atoms with van der Waals surface area (Å²) in [6.07, 6.45) is 0. The molecule has 1 aromatic rings. The van der Waals surface area contributed by atoms with Gasteiger partial charge in [-0.05, 0) is 19.1 Å². The molecule has 2 aliphatic heterocycles. The number of para-hydroxylation sites is 1. The van der Waals surface area contributed by atoms with Gasteiger partial charge in [0.2, 0.25) is 0 Å². The number of morpholine rings is 1. The summed E-state index contributed by atoms with van der Waals surface area (Å²) in [7, 11) is 0. The van der Waals surface area contributed by atoms with Crippen LogP contribution in [0.15, 0.2) is 18.2 Å². The zero-order chi connectivity index (χ0) is 17.1. The van der Waals surface area contributed by atoms with Crippen LogP contribution in [0.2, 0.25) is 5.02 Å². The Balaban J connectivity index is 1.79. The molecule has 1 aromatic carbocycles. The highest BCUT2D eigenvalue weighted by molar-refractivity contribution is 8.00. The van der Waals surface area contributed by atoms with Crippen LogP contribution < -0.4 is 10.2 Å². The number of carbonyl (C=O) groups excluding carboxylic acids is 1. The molecular weight excluding hydrogens is 346 g/mol. The minimum atomic E-state index is -0.0496. The first-order chi connectivity index (χ1) is 11.6. The van der Waals surface area contributed by atoms with Crippen LogP contribution in [0, 0.1) is 0 Å². The van der Waals surface area contributed by atoms with Crippen molar-refractivity contribution in [2.24, 2.45) is 0 Å². The lowest BCUT2D eigenvalue weighted by molar-refractivity contribution is 0.123. The third-order valence-electron chi connectivity index (χ3n) is 4.70. The highest BCUT2D eigenvalue weighted by atomic mass is 35.5. The van der Waals surface area contributed by atoms with E-state index in [1.54, 1.807) is 0 Å². The summed E-state index contributed by atoms with van der Waals surface area (Å²) < 4.78 is 5.42. The topological polar surface area (TPSA) is 44.8 Å². The summed E-state index contributed by atoms with van der Waals surface area (Å²) in [6, 6.07) is 5.83. The Kier molecular flexibility index (Phi) is 5.79. The zero-order valence-corrected chi connectivity index (χ0v) is 15.7. The predicted octanol–water partition coefficient (Wildman–Crippen LogP) is 3.53. The second kappa shape index (κ2) is 7.85. The number of amides is 2. The number of rotatable bonds is 2. The Morgan fingerprint density at radius 2 is 2.04 bits per heavy atom. The van der Waals surface area contributed by atoms with Crippen molar-refractivity contribution < 1.29 is 9.53 Å². The summed E-state index contributed by atoms with van der Waals surface area (Å²) in [4.78, 5) is 16.9. The number of carbonyl (C=O) groups is 1. The van der Waals surface area contributed by atoms with Gasteiger partial charge in [-0.1, -0.05) is 24.6 Å². The van der Waals surface area contributed by atoms with Crippen molar-refractivity contribution in [3.05, 3.63) is 23.2 Å². The number of ether oxygens (including phenoxy) is 1. The predicted molar refractivity (Wildman–Crippen MR) is 102 cm³/mol. The molecule has 3 rings (SSSR count). The van der Waals surface area contributed by atoms with Gasteiger partial charge in [-0.3, -0.25) is 0 Å². The second-order valence-corrected chi connectivity index (χ2v) is 8.07. The maximum atomic E-state index is 12.8. The maximum absolute atomic E-state index is 12.8. The van der Waals surface area contributed by atoms with Gasteiger partial charge in [0.1, 0.15) is 0 Å². The summed E-state index contributed by atoms with van der Waals surface area (Å²) in [5.74, 6) is 0.977. The molecule has 2 aliphatic rings. The second-order valence-electron chi connectivity index (χ2n) is 6.18. The van der Waals surface area contributed by atoms with Crippen LogP contribution in [0.4, 0.5) is 16.2 Å². The van der Waals surface area contributed by atoms with E-state index >= 15 is 0 Å². The molecule has 2 saturated heterocycles. The fraction of sp³-hybridized carbons (Fsp3) is 0.588. The summed E-state index contributed by atoms with van der Waals surface area (Å²) in [5, 5.41) is 4.18. The van der Waals surface area contributed by atoms with E-state index in [0.29, 0.717) is 23.5 Å². The molecule has 0 spiro atoms. The molecule has 0 saturated carbocycles. The Morgan fingerprint density at radius 1 is 1.29 bits per heavy atom. The van der Waals surface area contributed by atoms with Crippen molar-refractivity contribution in [1.29, 1.82) is 0 Å². The number of urea groups is 1. The molecule has 24 heavy (non-hydrogen) atoms. The number of benzene rings is 1. The minimum Gasteiger partial charge on any atom is -0.378 e. The smallest absolute Gasteiger partial charge is 0.322 e. The Morgan fingerprint density at radius 3 is 2.79 bits per heavy atom. The van der Waals surface area contributed by atoms with E-state index in [4.69, 9.17) is 16.3 Å². The molecule has 0 bridgehead atoms. The van der Waals surface area contributed by atoms with Gasteiger partial charge in [0.15, 0.2) is 0 Å². The SMILES string of the molecule is C[C@H]1SCCN(C(=O)Nc2cccc(Cl)c2N2CCOCC2)[C@H]1C. The Bertz CT molecular complexity index is 595. The van der Waals surface area contributed by atoms with Gasteiger partial charge in [0.05, 0.1) is 29.6 Å². The van der Waals surface area contributed by atoms with Gasteiger partial charge in [-0.2, -0.15) is 11.8 Å². The lowest BCUT2D eigenvalue weighted by Crippen LogP contribution is -2.49. The van der Waals surface area contributed by atoms with Crippen LogP contribution in [0.1, 0.15) is 13.8 Å². The number of nitrogens with zero attached hydrogens (tertiary/aromatic N) is 2. The highest BCUT2D eigenvalue weighted by Gasteiger charge is 2.29.